The highest BCUT2D eigenvalue weighted by molar-refractivity contribution is 5.87. The topological polar surface area (TPSA) is 121 Å². The lowest BCUT2D eigenvalue weighted by molar-refractivity contribution is -0.142. The van der Waals surface area contributed by atoms with E-state index in [2.05, 4.69) is 21.9 Å². The Labute approximate surface area is 104 Å². The summed E-state index contributed by atoms with van der Waals surface area (Å²) in [6.45, 7) is 3.47. The molecule has 0 spiro atoms. The fourth-order valence-corrected chi connectivity index (χ4v) is 1.38. The van der Waals surface area contributed by atoms with E-state index in [9.17, 15) is 9.59 Å². The Hall–Kier alpha value is -2.15. The maximum atomic E-state index is 11.6. The third-order valence-corrected chi connectivity index (χ3v) is 2.35. The van der Waals surface area contributed by atoms with Crippen LogP contribution in [0.1, 0.15) is 12.1 Å². The van der Waals surface area contributed by atoms with Crippen LogP contribution in [0.25, 0.3) is 0 Å². The predicted molar refractivity (Wildman–Crippen MR) is 64.6 cm³/mol. The van der Waals surface area contributed by atoms with Gasteiger partial charge in [-0.3, -0.25) is 4.79 Å². The summed E-state index contributed by atoms with van der Waals surface area (Å²) < 4.78 is 0. The van der Waals surface area contributed by atoms with Gasteiger partial charge in [-0.25, -0.2) is 9.78 Å². The molecule has 0 aliphatic rings. The molecule has 1 aromatic rings. The molecule has 18 heavy (non-hydrogen) atoms. The first-order valence-electron chi connectivity index (χ1n) is 5.41. The van der Waals surface area contributed by atoms with Crippen LogP contribution in [0.15, 0.2) is 25.2 Å². The van der Waals surface area contributed by atoms with Gasteiger partial charge in [0.25, 0.3) is 0 Å². The number of carbonyl (C=O) groups is 2. The van der Waals surface area contributed by atoms with Crippen LogP contribution in [-0.4, -0.2) is 39.0 Å². The van der Waals surface area contributed by atoms with Gasteiger partial charge in [0, 0.05) is 18.3 Å². The zero-order chi connectivity index (χ0) is 13.5. The molecule has 1 rings (SSSR count). The number of nitrogens with two attached hydrogens (primary N) is 1. The third-order valence-electron chi connectivity index (χ3n) is 2.35. The highest BCUT2D eigenvalue weighted by Gasteiger charge is 2.23. The Morgan fingerprint density at radius 3 is 2.89 bits per heavy atom. The number of aromatic nitrogens is 2. The molecule has 0 radical (unpaired) electrons. The van der Waals surface area contributed by atoms with Crippen LogP contribution < -0.4 is 11.1 Å². The number of H-pyrrole nitrogens is 1. The second-order valence-corrected chi connectivity index (χ2v) is 3.81. The minimum Gasteiger partial charge on any atom is -0.480 e. The smallest absolute Gasteiger partial charge is 0.326 e. The van der Waals surface area contributed by atoms with Crippen molar-refractivity contribution in [1.29, 1.82) is 0 Å². The summed E-state index contributed by atoms with van der Waals surface area (Å²) in [6.07, 6.45) is 4.88. The van der Waals surface area contributed by atoms with Crippen LogP contribution in [0.2, 0.25) is 0 Å². The molecule has 1 heterocycles. The number of carboxylic acid groups (broad SMARTS) is 1. The van der Waals surface area contributed by atoms with E-state index in [4.69, 9.17) is 10.8 Å². The van der Waals surface area contributed by atoms with Gasteiger partial charge in [0.15, 0.2) is 0 Å². The molecule has 0 aliphatic heterocycles. The molecule has 98 valence electrons. The standard InChI is InChI=1S/C11H16N4O3/c1-2-3-8(12)10(16)15-9(11(17)18)4-7-5-13-6-14-7/h2,5-6,8-9H,1,3-4,12H2,(H,13,14)(H,15,16)(H,17,18)/t8?,9-/m1/s1. The van der Waals surface area contributed by atoms with Crippen LogP contribution >= 0.6 is 0 Å². The van der Waals surface area contributed by atoms with E-state index in [0.717, 1.165) is 0 Å². The molecule has 0 fully saturated rings. The first kappa shape index (κ1) is 13.9. The van der Waals surface area contributed by atoms with Crippen molar-refractivity contribution in [2.45, 2.75) is 24.9 Å². The van der Waals surface area contributed by atoms with Crippen LogP contribution in [-0.2, 0) is 16.0 Å². The summed E-state index contributed by atoms with van der Waals surface area (Å²) in [4.78, 5) is 29.2. The number of aliphatic carboxylic acids is 1. The molecule has 1 unspecified atom stereocenters. The van der Waals surface area contributed by atoms with Gasteiger partial charge < -0.3 is 21.1 Å². The van der Waals surface area contributed by atoms with E-state index in [-0.39, 0.29) is 6.42 Å². The average Bonchev–Trinajstić information content (AvgIpc) is 2.81. The Morgan fingerprint density at radius 2 is 2.39 bits per heavy atom. The summed E-state index contributed by atoms with van der Waals surface area (Å²) in [5, 5.41) is 11.4. The van der Waals surface area contributed by atoms with Crippen molar-refractivity contribution in [3.05, 3.63) is 30.9 Å². The van der Waals surface area contributed by atoms with E-state index in [1.54, 1.807) is 0 Å². The van der Waals surface area contributed by atoms with Crippen molar-refractivity contribution in [2.75, 3.05) is 0 Å². The molecular formula is C11H16N4O3. The van der Waals surface area contributed by atoms with Gasteiger partial charge in [0.1, 0.15) is 6.04 Å². The largest absolute Gasteiger partial charge is 0.480 e. The first-order chi connectivity index (χ1) is 8.54. The van der Waals surface area contributed by atoms with Crippen LogP contribution in [0.5, 0.6) is 0 Å². The minimum atomic E-state index is -1.12. The predicted octanol–water partition coefficient (Wildman–Crippen LogP) is -0.575. The molecule has 2 atom stereocenters. The van der Waals surface area contributed by atoms with Gasteiger partial charge in [-0.2, -0.15) is 0 Å². The lowest BCUT2D eigenvalue weighted by Crippen LogP contribution is -2.49. The lowest BCUT2D eigenvalue weighted by atomic mass is 10.1. The molecule has 1 amide bonds. The second-order valence-electron chi connectivity index (χ2n) is 3.81. The number of nitrogens with one attached hydrogen (secondary N) is 2. The van der Waals surface area contributed by atoms with Crippen LogP contribution in [0.4, 0.5) is 0 Å². The van der Waals surface area contributed by atoms with Crippen LogP contribution in [0, 0.1) is 0 Å². The molecule has 0 saturated heterocycles. The van der Waals surface area contributed by atoms with Crippen molar-refractivity contribution in [2.24, 2.45) is 5.73 Å². The van der Waals surface area contributed by atoms with Crippen LogP contribution in [0.3, 0.4) is 0 Å². The molecule has 7 nitrogen and oxygen atoms in total. The van der Waals surface area contributed by atoms with E-state index in [1.165, 1.54) is 18.6 Å². The van der Waals surface area contributed by atoms with E-state index in [1.807, 2.05) is 0 Å². The summed E-state index contributed by atoms with van der Waals surface area (Å²) in [5.41, 5.74) is 6.18. The molecule has 0 bridgehead atoms. The molecule has 0 aliphatic carbocycles. The highest BCUT2D eigenvalue weighted by Crippen LogP contribution is 2.00. The van der Waals surface area contributed by atoms with E-state index in [0.29, 0.717) is 12.1 Å². The monoisotopic (exact) mass is 252 g/mol. The Bertz CT molecular complexity index is 416. The fourth-order valence-electron chi connectivity index (χ4n) is 1.38. The number of hydrogen-bond donors (Lipinski definition) is 4. The zero-order valence-electron chi connectivity index (χ0n) is 9.80. The summed E-state index contributed by atoms with van der Waals surface area (Å²) in [7, 11) is 0. The fraction of sp³-hybridized carbons (Fsp3) is 0.364. The van der Waals surface area contributed by atoms with Gasteiger partial charge in [-0.05, 0) is 6.42 Å². The van der Waals surface area contributed by atoms with Gasteiger partial charge in [0.05, 0.1) is 12.4 Å². The summed E-state index contributed by atoms with van der Waals surface area (Å²) in [5.74, 6) is -1.63. The molecule has 1 aromatic heterocycles. The Morgan fingerprint density at radius 1 is 1.67 bits per heavy atom. The molecule has 0 aromatic carbocycles. The normalized spacial score (nSPS) is 13.6. The molecule has 5 N–H and O–H groups in total. The summed E-state index contributed by atoms with van der Waals surface area (Å²) in [6, 6.07) is -1.82. The van der Waals surface area contributed by atoms with Gasteiger partial charge in [-0.15, -0.1) is 6.58 Å². The zero-order valence-corrected chi connectivity index (χ0v) is 9.80. The maximum Gasteiger partial charge on any atom is 0.326 e. The van der Waals surface area contributed by atoms with E-state index < -0.39 is 24.0 Å². The number of imidazole rings is 1. The van der Waals surface area contributed by atoms with Crippen molar-refractivity contribution in [3.63, 3.8) is 0 Å². The number of hydrogen-bond acceptors (Lipinski definition) is 4. The Balaban J connectivity index is 2.60. The minimum absolute atomic E-state index is 0.127. The lowest BCUT2D eigenvalue weighted by Gasteiger charge is -2.16. The summed E-state index contributed by atoms with van der Waals surface area (Å²) >= 11 is 0. The number of carbonyl (C=O) groups excluding carboxylic acids is 1. The second kappa shape index (κ2) is 6.55. The van der Waals surface area contributed by atoms with Gasteiger partial charge in [-0.1, -0.05) is 6.08 Å². The van der Waals surface area contributed by atoms with Crippen molar-refractivity contribution < 1.29 is 14.7 Å². The van der Waals surface area contributed by atoms with Crippen molar-refractivity contribution in [3.8, 4) is 0 Å². The van der Waals surface area contributed by atoms with Gasteiger partial charge in [0.2, 0.25) is 5.91 Å². The average molecular weight is 252 g/mol. The highest BCUT2D eigenvalue weighted by atomic mass is 16.4. The van der Waals surface area contributed by atoms with E-state index >= 15 is 0 Å². The molecule has 7 heteroatoms. The third kappa shape index (κ3) is 4.02. The number of amides is 1. The number of rotatable bonds is 7. The maximum absolute atomic E-state index is 11.6. The number of carboxylic acids is 1. The first-order valence-corrected chi connectivity index (χ1v) is 5.41. The van der Waals surface area contributed by atoms with Crippen molar-refractivity contribution in [1.82, 2.24) is 15.3 Å². The van der Waals surface area contributed by atoms with Crippen molar-refractivity contribution >= 4 is 11.9 Å². The SMILES string of the molecule is C=CCC(N)C(=O)N[C@H](Cc1cnc[nH]1)C(=O)O. The molecular weight excluding hydrogens is 236 g/mol. The Kier molecular flexibility index (Phi) is 5.06. The van der Waals surface area contributed by atoms with Gasteiger partial charge >= 0.3 is 5.97 Å². The quantitative estimate of drug-likeness (QED) is 0.484. The number of nitrogens with zero attached hydrogens (tertiary/aromatic N) is 1. The number of aromatic amines is 1. The molecule has 0 saturated carbocycles.